The lowest BCUT2D eigenvalue weighted by molar-refractivity contribution is 0.0952. The van der Waals surface area contributed by atoms with Crippen molar-refractivity contribution in [3.05, 3.63) is 23.9 Å². The van der Waals surface area contributed by atoms with E-state index in [0.29, 0.717) is 12.1 Å². The zero-order valence-corrected chi connectivity index (χ0v) is 11.0. The zero-order valence-electron chi connectivity index (χ0n) is 11.0. The summed E-state index contributed by atoms with van der Waals surface area (Å²) in [6, 6.07) is 3.55. The van der Waals surface area contributed by atoms with E-state index in [1.807, 2.05) is 0 Å². The SMILES string of the molecule is CNc1ccc(C(=O)NCCCCCOC)cn1. The Kier molecular flexibility index (Phi) is 6.79. The molecule has 0 aliphatic heterocycles. The van der Waals surface area contributed by atoms with Gasteiger partial charge in [-0.2, -0.15) is 0 Å². The Morgan fingerprint density at radius 2 is 2.17 bits per heavy atom. The molecule has 5 heteroatoms. The molecule has 1 amide bonds. The highest BCUT2D eigenvalue weighted by Crippen LogP contribution is 2.04. The van der Waals surface area contributed by atoms with Gasteiger partial charge in [0.25, 0.3) is 5.91 Å². The number of unbranched alkanes of at least 4 members (excludes halogenated alkanes) is 2. The highest BCUT2D eigenvalue weighted by atomic mass is 16.5. The van der Waals surface area contributed by atoms with Gasteiger partial charge < -0.3 is 15.4 Å². The minimum Gasteiger partial charge on any atom is -0.385 e. The van der Waals surface area contributed by atoms with Crippen molar-refractivity contribution in [3.63, 3.8) is 0 Å². The first-order chi connectivity index (χ1) is 8.77. The predicted octanol–water partition coefficient (Wildman–Crippen LogP) is 1.67. The first-order valence-electron chi connectivity index (χ1n) is 6.19. The number of ether oxygens (including phenoxy) is 1. The molecule has 0 aliphatic carbocycles. The number of aromatic nitrogens is 1. The Morgan fingerprint density at radius 3 is 2.78 bits per heavy atom. The highest BCUT2D eigenvalue weighted by molar-refractivity contribution is 5.93. The minimum atomic E-state index is -0.0723. The third-order valence-electron chi connectivity index (χ3n) is 2.59. The number of pyridine rings is 1. The van der Waals surface area contributed by atoms with E-state index in [2.05, 4.69) is 15.6 Å². The van der Waals surface area contributed by atoms with E-state index < -0.39 is 0 Å². The summed E-state index contributed by atoms with van der Waals surface area (Å²) in [5.74, 6) is 0.683. The van der Waals surface area contributed by atoms with Gasteiger partial charge in [-0.25, -0.2) is 4.98 Å². The lowest BCUT2D eigenvalue weighted by Gasteiger charge is -2.05. The van der Waals surface area contributed by atoms with Gasteiger partial charge in [-0.1, -0.05) is 0 Å². The molecule has 0 saturated heterocycles. The fraction of sp³-hybridized carbons (Fsp3) is 0.538. The predicted molar refractivity (Wildman–Crippen MR) is 71.8 cm³/mol. The van der Waals surface area contributed by atoms with Crippen LogP contribution in [0.2, 0.25) is 0 Å². The van der Waals surface area contributed by atoms with E-state index in [-0.39, 0.29) is 5.91 Å². The Bertz CT molecular complexity index is 352. The van der Waals surface area contributed by atoms with Crippen molar-refractivity contribution in [2.45, 2.75) is 19.3 Å². The second kappa shape index (κ2) is 8.47. The fourth-order valence-electron chi connectivity index (χ4n) is 1.53. The molecule has 0 fully saturated rings. The highest BCUT2D eigenvalue weighted by Gasteiger charge is 2.04. The Balaban J connectivity index is 2.23. The van der Waals surface area contributed by atoms with Gasteiger partial charge in [0.2, 0.25) is 0 Å². The van der Waals surface area contributed by atoms with Crippen LogP contribution >= 0.6 is 0 Å². The van der Waals surface area contributed by atoms with Crippen molar-refractivity contribution >= 4 is 11.7 Å². The molecule has 1 aromatic heterocycles. The van der Waals surface area contributed by atoms with Crippen LogP contribution in [0.4, 0.5) is 5.82 Å². The topological polar surface area (TPSA) is 63.2 Å². The van der Waals surface area contributed by atoms with Crippen LogP contribution in [0.3, 0.4) is 0 Å². The maximum absolute atomic E-state index is 11.7. The van der Waals surface area contributed by atoms with Gasteiger partial charge in [0.15, 0.2) is 0 Å². The lowest BCUT2D eigenvalue weighted by atomic mass is 10.2. The molecule has 18 heavy (non-hydrogen) atoms. The molecule has 5 nitrogen and oxygen atoms in total. The van der Waals surface area contributed by atoms with E-state index in [4.69, 9.17) is 4.74 Å². The number of carbonyl (C=O) groups excluding carboxylic acids is 1. The maximum Gasteiger partial charge on any atom is 0.252 e. The monoisotopic (exact) mass is 251 g/mol. The van der Waals surface area contributed by atoms with Gasteiger partial charge in [-0.3, -0.25) is 4.79 Å². The molecule has 1 rings (SSSR count). The van der Waals surface area contributed by atoms with Gasteiger partial charge in [0.1, 0.15) is 5.82 Å². The second-order valence-corrected chi connectivity index (χ2v) is 3.99. The van der Waals surface area contributed by atoms with Gasteiger partial charge in [0.05, 0.1) is 5.56 Å². The third kappa shape index (κ3) is 5.14. The molecule has 1 heterocycles. The van der Waals surface area contributed by atoms with Crippen LogP contribution in [0.25, 0.3) is 0 Å². The van der Waals surface area contributed by atoms with Crippen LogP contribution in [-0.4, -0.2) is 38.2 Å². The number of rotatable bonds is 8. The Hall–Kier alpha value is -1.62. The number of nitrogens with zero attached hydrogens (tertiary/aromatic N) is 1. The first kappa shape index (κ1) is 14.4. The van der Waals surface area contributed by atoms with Crippen molar-refractivity contribution < 1.29 is 9.53 Å². The maximum atomic E-state index is 11.7. The molecular weight excluding hydrogens is 230 g/mol. The first-order valence-corrected chi connectivity index (χ1v) is 6.19. The van der Waals surface area contributed by atoms with Crippen molar-refractivity contribution in [2.24, 2.45) is 0 Å². The number of hydrogen-bond donors (Lipinski definition) is 2. The van der Waals surface area contributed by atoms with Crippen LogP contribution < -0.4 is 10.6 Å². The number of hydrogen-bond acceptors (Lipinski definition) is 4. The van der Waals surface area contributed by atoms with Gasteiger partial charge >= 0.3 is 0 Å². The summed E-state index contributed by atoms with van der Waals surface area (Å²) in [6.07, 6.45) is 4.64. The number of nitrogens with one attached hydrogen (secondary N) is 2. The van der Waals surface area contributed by atoms with E-state index in [1.165, 1.54) is 0 Å². The number of carbonyl (C=O) groups is 1. The standard InChI is InChI=1S/C13H21N3O2/c1-14-12-7-6-11(10-16-12)13(17)15-8-4-3-5-9-18-2/h6-7,10H,3-5,8-9H2,1-2H3,(H,14,16)(H,15,17). The van der Waals surface area contributed by atoms with Crippen molar-refractivity contribution in [3.8, 4) is 0 Å². The van der Waals surface area contributed by atoms with Gasteiger partial charge in [-0.15, -0.1) is 0 Å². The summed E-state index contributed by atoms with van der Waals surface area (Å²) < 4.78 is 4.96. The van der Waals surface area contributed by atoms with Crippen molar-refractivity contribution in [2.75, 3.05) is 32.6 Å². The lowest BCUT2D eigenvalue weighted by Crippen LogP contribution is -2.24. The molecule has 0 saturated carbocycles. The average Bonchev–Trinajstić information content (AvgIpc) is 2.42. The van der Waals surface area contributed by atoms with Gasteiger partial charge in [0, 0.05) is 33.5 Å². The van der Waals surface area contributed by atoms with Crippen molar-refractivity contribution in [1.29, 1.82) is 0 Å². The molecule has 0 atom stereocenters. The van der Waals surface area contributed by atoms with E-state index in [1.54, 1.807) is 32.5 Å². The average molecular weight is 251 g/mol. The van der Waals surface area contributed by atoms with Gasteiger partial charge in [-0.05, 0) is 31.4 Å². The summed E-state index contributed by atoms with van der Waals surface area (Å²) in [5, 5.41) is 5.78. The molecule has 100 valence electrons. The van der Waals surface area contributed by atoms with Crippen LogP contribution in [0.1, 0.15) is 29.6 Å². The zero-order chi connectivity index (χ0) is 13.2. The molecule has 2 N–H and O–H groups in total. The summed E-state index contributed by atoms with van der Waals surface area (Å²) >= 11 is 0. The van der Waals surface area contributed by atoms with Crippen LogP contribution in [0.15, 0.2) is 18.3 Å². The number of anilines is 1. The number of amides is 1. The Morgan fingerprint density at radius 1 is 1.33 bits per heavy atom. The molecular formula is C13H21N3O2. The smallest absolute Gasteiger partial charge is 0.252 e. The minimum absolute atomic E-state index is 0.0723. The molecule has 0 unspecified atom stereocenters. The third-order valence-corrected chi connectivity index (χ3v) is 2.59. The van der Waals surface area contributed by atoms with Crippen LogP contribution in [0.5, 0.6) is 0 Å². The number of methoxy groups -OCH3 is 1. The summed E-state index contributed by atoms with van der Waals surface area (Å²) in [5.41, 5.74) is 0.589. The molecule has 0 aromatic carbocycles. The molecule has 0 spiro atoms. The summed E-state index contributed by atoms with van der Waals surface area (Å²) in [7, 11) is 3.49. The van der Waals surface area contributed by atoms with Crippen LogP contribution in [0, 0.1) is 0 Å². The second-order valence-electron chi connectivity index (χ2n) is 3.99. The summed E-state index contributed by atoms with van der Waals surface area (Å²) in [4.78, 5) is 15.8. The van der Waals surface area contributed by atoms with E-state index in [0.717, 1.165) is 31.7 Å². The molecule has 0 aliphatic rings. The molecule has 0 radical (unpaired) electrons. The van der Waals surface area contributed by atoms with Crippen LogP contribution in [-0.2, 0) is 4.74 Å². The fourth-order valence-corrected chi connectivity index (χ4v) is 1.53. The quantitative estimate of drug-likeness (QED) is 0.690. The summed E-state index contributed by atoms with van der Waals surface area (Å²) in [6.45, 7) is 1.47. The van der Waals surface area contributed by atoms with E-state index in [9.17, 15) is 4.79 Å². The molecule has 0 bridgehead atoms. The Labute approximate surface area is 108 Å². The molecule has 1 aromatic rings. The van der Waals surface area contributed by atoms with Crippen molar-refractivity contribution in [1.82, 2.24) is 10.3 Å². The largest absolute Gasteiger partial charge is 0.385 e. The van der Waals surface area contributed by atoms with E-state index >= 15 is 0 Å². The normalized spacial score (nSPS) is 10.1.